The summed E-state index contributed by atoms with van der Waals surface area (Å²) in [6.45, 7) is 5.37. The second-order valence-corrected chi connectivity index (χ2v) is 4.72. The van der Waals surface area contributed by atoms with Gasteiger partial charge in [-0.05, 0) is 31.4 Å². The molecule has 0 fully saturated rings. The van der Waals surface area contributed by atoms with Crippen molar-refractivity contribution in [3.63, 3.8) is 0 Å². The van der Waals surface area contributed by atoms with Gasteiger partial charge in [-0.1, -0.05) is 18.2 Å². The van der Waals surface area contributed by atoms with Crippen molar-refractivity contribution in [3.05, 3.63) is 47.4 Å². The molecular weight excluding hydrogens is 264 g/mol. The SMILES string of the molecule is Cc1cccc(C)c1OCCCNc1nccnc1C#N. The molecule has 0 saturated carbocycles. The molecule has 21 heavy (non-hydrogen) atoms. The number of anilines is 1. The first-order valence-corrected chi connectivity index (χ1v) is 6.86. The molecular formula is C16H18N4O. The topological polar surface area (TPSA) is 70.8 Å². The number of ether oxygens (including phenoxy) is 1. The first kappa shape index (κ1) is 14.8. The average molecular weight is 282 g/mol. The Morgan fingerprint density at radius 2 is 1.90 bits per heavy atom. The van der Waals surface area contributed by atoms with E-state index in [9.17, 15) is 0 Å². The van der Waals surface area contributed by atoms with Crippen LogP contribution in [-0.2, 0) is 0 Å². The summed E-state index contributed by atoms with van der Waals surface area (Å²) in [6, 6.07) is 8.12. The number of hydrogen-bond acceptors (Lipinski definition) is 5. The van der Waals surface area contributed by atoms with Gasteiger partial charge in [0.05, 0.1) is 6.61 Å². The third-order valence-corrected chi connectivity index (χ3v) is 3.07. The summed E-state index contributed by atoms with van der Waals surface area (Å²) in [7, 11) is 0. The highest BCUT2D eigenvalue weighted by molar-refractivity contribution is 5.46. The van der Waals surface area contributed by atoms with Crippen LogP contribution in [0.2, 0.25) is 0 Å². The standard InChI is InChI=1S/C16H18N4O/c1-12-5-3-6-13(2)15(12)21-10-4-7-19-16-14(11-17)18-8-9-20-16/h3,5-6,8-9H,4,7,10H2,1-2H3,(H,19,20). The maximum absolute atomic E-state index is 8.91. The van der Waals surface area contributed by atoms with Crippen molar-refractivity contribution >= 4 is 5.82 Å². The summed E-state index contributed by atoms with van der Waals surface area (Å²) in [6.07, 6.45) is 3.89. The molecule has 0 aliphatic rings. The van der Waals surface area contributed by atoms with E-state index in [0.29, 0.717) is 24.7 Å². The van der Waals surface area contributed by atoms with Crippen LogP contribution in [0.4, 0.5) is 5.82 Å². The predicted molar refractivity (Wildman–Crippen MR) is 81.3 cm³/mol. The van der Waals surface area contributed by atoms with E-state index >= 15 is 0 Å². The molecule has 1 heterocycles. The number of nitrogens with one attached hydrogen (secondary N) is 1. The minimum Gasteiger partial charge on any atom is -0.493 e. The molecule has 0 saturated heterocycles. The zero-order valence-electron chi connectivity index (χ0n) is 12.3. The number of nitrogens with zero attached hydrogens (tertiary/aromatic N) is 3. The van der Waals surface area contributed by atoms with Gasteiger partial charge >= 0.3 is 0 Å². The van der Waals surface area contributed by atoms with Crippen LogP contribution in [0, 0.1) is 25.2 Å². The van der Waals surface area contributed by atoms with Crippen molar-refractivity contribution < 1.29 is 4.74 Å². The fraction of sp³-hybridized carbons (Fsp3) is 0.312. The van der Waals surface area contributed by atoms with Gasteiger partial charge in [-0.25, -0.2) is 9.97 Å². The van der Waals surface area contributed by atoms with Crippen LogP contribution in [0.15, 0.2) is 30.6 Å². The molecule has 2 rings (SSSR count). The summed E-state index contributed by atoms with van der Waals surface area (Å²) >= 11 is 0. The first-order chi connectivity index (χ1) is 10.2. The number of benzene rings is 1. The lowest BCUT2D eigenvalue weighted by molar-refractivity contribution is 0.311. The van der Waals surface area contributed by atoms with Gasteiger partial charge in [0.1, 0.15) is 11.8 Å². The molecule has 1 N–H and O–H groups in total. The molecule has 0 amide bonds. The monoisotopic (exact) mass is 282 g/mol. The van der Waals surface area contributed by atoms with E-state index in [1.807, 2.05) is 38.1 Å². The molecule has 1 aromatic carbocycles. The number of rotatable bonds is 6. The van der Waals surface area contributed by atoms with Crippen molar-refractivity contribution in [2.75, 3.05) is 18.5 Å². The average Bonchev–Trinajstić information content (AvgIpc) is 2.50. The highest BCUT2D eigenvalue weighted by atomic mass is 16.5. The van der Waals surface area contributed by atoms with Gasteiger partial charge in [-0.3, -0.25) is 0 Å². The first-order valence-electron chi connectivity index (χ1n) is 6.86. The molecule has 0 aliphatic carbocycles. The molecule has 2 aromatic rings. The van der Waals surface area contributed by atoms with Crippen molar-refractivity contribution in [3.8, 4) is 11.8 Å². The van der Waals surface area contributed by atoms with Gasteiger partial charge in [0.15, 0.2) is 11.5 Å². The highest BCUT2D eigenvalue weighted by Crippen LogP contribution is 2.22. The predicted octanol–water partition coefficient (Wildman–Crippen LogP) is 2.85. The minimum atomic E-state index is 0.313. The Hall–Kier alpha value is -2.61. The van der Waals surface area contributed by atoms with E-state index in [1.165, 1.54) is 6.20 Å². The number of para-hydroxylation sites is 1. The van der Waals surface area contributed by atoms with E-state index in [4.69, 9.17) is 10.00 Å². The Morgan fingerprint density at radius 1 is 1.19 bits per heavy atom. The molecule has 0 radical (unpaired) electrons. The summed E-state index contributed by atoms with van der Waals surface area (Å²) < 4.78 is 5.82. The van der Waals surface area contributed by atoms with Crippen molar-refractivity contribution in [2.45, 2.75) is 20.3 Å². The van der Waals surface area contributed by atoms with Crippen molar-refractivity contribution in [1.29, 1.82) is 5.26 Å². The number of aryl methyl sites for hydroxylation is 2. The summed E-state index contributed by atoms with van der Waals surface area (Å²) in [5.74, 6) is 1.47. The Bertz CT molecular complexity index is 629. The normalized spacial score (nSPS) is 9.95. The van der Waals surface area contributed by atoms with E-state index in [1.54, 1.807) is 6.20 Å². The molecule has 0 spiro atoms. The number of hydrogen-bond donors (Lipinski definition) is 1. The maximum atomic E-state index is 8.91. The Balaban J connectivity index is 1.79. The molecule has 0 aliphatic heterocycles. The lowest BCUT2D eigenvalue weighted by Crippen LogP contribution is -2.10. The van der Waals surface area contributed by atoms with Crippen LogP contribution in [0.1, 0.15) is 23.2 Å². The molecule has 0 bridgehead atoms. The lowest BCUT2D eigenvalue weighted by Gasteiger charge is -2.12. The molecule has 0 atom stereocenters. The Kier molecular flexibility index (Phi) is 5.10. The largest absolute Gasteiger partial charge is 0.493 e. The Labute approximate surface area is 124 Å². The Morgan fingerprint density at radius 3 is 2.62 bits per heavy atom. The van der Waals surface area contributed by atoms with Crippen LogP contribution in [-0.4, -0.2) is 23.1 Å². The molecule has 108 valence electrons. The van der Waals surface area contributed by atoms with Gasteiger partial charge in [0.2, 0.25) is 0 Å². The molecule has 1 aromatic heterocycles. The van der Waals surface area contributed by atoms with Crippen LogP contribution >= 0.6 is 0 Å². The quantitative estimate of drug-likeness (QED) is 0.825. The van der Waals surface area contributed by atoms with Crippen molar-refractivity contribution in [2.24, 2.45) is 0 Å². The zero-order chi connectivity index (χ0) is 15.1. The molecule has 0 unspecified atom stereocenters. The van der Waals surface area contributed by atoms with Gasteiger partial charge in [0.25, 0.3) is 0 Å². The van der Waals surface area contributed by atoms with Gasteiger partial charge in [0, 0.05) is 18.9 Å². The van der Waals surface area contributed by atoms with Crippen molar-refractivity contribution in [1.82, 2.24) is 9.97 Å². The highest BCUT2D eigenvalue weighted by Gasteiger charge is 2.04. The van der Waals surface area contributed by atoms with Gasteiger partial charge in [-0.15, -0.1) is 0 Å². The fourth-order valence-corrected chi connectivity index (χ4v) is 2.03. The van der Waals surface area contributed by atoms with Crippen LogP contribution in [0.25, 0.3) is 0 Å². The maximum Gasteiger partial charge on any atom is 0.182 e. The second kappa shape index (κ2) is 7.25. The lowest BCUT2D eigenvalue weighted by atomic mass is 10.1. The van der Waals surface area contributed by atoms with Gasteiger partial charge in [-0.2, -0.15) is 5.26 Å². The van der Waals surface area contributed by atoms with E-state index in [-0.39, 0.29) is 0 Å². The third-order valence-electron chi connectivity index (χ3n) is 3.07. The van der Waals surface area contributed by atoms with E-state index < -0.39 is 0 Å². The summed E-state index contributed by atoms with van der Waals surface area (Å²) in [5, 5.41) is 12.0. The van der Waals surface area contributed by atoms with Crippen LogP contribution < -0.4 is 10.1 Å². The van der Waals surface area contributed by atoms with E-state index in [0.717, 1.165) is 23.3 Å². The van der Waals surface area contributed by atoms with E-state index in [2.05, 4.69) is 15.3 Å². The smallest absolute Gasteiger partial charge is 0.182 e. The molecule has 5 heteroatoms. The minimum absolute atomic E-state index is 0.313. The number of nitriles is 1. The third kappa shape index (κ3) is 3.93. The summed E-state index contributed by atoms with van der Waals surface area (Å²) in [5.41, 5.74) is 2.60. The number of aromatic nitrogens is 2. The zero-order valence-corrected chi connectivity index (χ0v) is 12.3. The summed E-state index contributed by atoms with van der Waals surface area (Å²) in [4.78, 5) is 8.05. The van der Waals surface area contributed by atoms with Gasteiger partial charge < -0.3 is 10.1 Å². The molecule has 5 nitrogen and oxygen atoms in total. The second-order valence-electron chi connectivity index (χ2n) is 4.72. The van der Waals surface area contributed by atoms with Crippen LogP contribution in [0.5, 0.6) is 5.75 Å². The van der Waals surface area contributed by atoms with Crippen LogP contribution in [0.3, 0.4) is 0 Å². The fourth-order valence-electron chi connectivity index (χ4n) is 2.03.